The maximum absolute atomic E-state index is 14.6. The van der Waals surface area contributed by atoms with Crippen LogP contribution in [0, 0.1) is 23.7 Å². The monoisotopic (exact) mass is 645 g/mol. The third-order valence-electron chi connectivity index (χ3n) is 10.8. The third-order valence-corrected chi connectivity index (χ3v) is 10.8. The molecule has 5 rings (SSSR count). The molecule has 4 atom stereocenters. The SMILES string of the molecule is COC(=O)C1CCCN(C(=O)OCC2CCCCC2)N1C(=O)[C@H](CCC(=O)OCC1CCCCC1)N1C(=O)C2CCCCC2C1=O. The molecular weight excluding hydrogens is 594 g/mol. The normalized spacial score (nSPS) is 26.8. The second-order valence-electron chi connectivity index (χ2n) is 13.9. The van der Waals surface area contributed by atoms with Crippen LogP contribution in [-0.4, -0.2) is 89.6 Å². The molecule has 5 fully saturated rings. The van der Waals surface area contributed by atoms with Gasteiger partial charge in [-0.3, -0.25) is 24.1 Å². The molecule has 3 aliphatic carbocycles. The fourth-order valence-corrected chi connectivity index (χ4v) is 8.16. The van der Waals surface area contributed by atoms with E-state index in [0.717, 1.165) is 85.5 Å². The van der Waals surface area contributed by atoms with Crippen molar-refractivity contribution in [1.82, 2.24) is 14.9 Å². The van der Waals surface area contributed by atoms with Crippen LogP contribution in [0.15, 0.2) is 0 Å². The van der Waals surface area contributed by atoms with Gasteiger partial charge in [-0.15, -0.1) is 0 Å². The lowest BCUT2D eigenvalue weighted by Crippen LogP contribution is -2.64. The number of esters is 2. The topological polar surface area (TPSA) is 140 Å². The minimum absolute atomic E-state index is 0.117. The number of nitrogens with zero attached hydrogens (tertiary/aromatic N) is 3. The van der Waals surface area contributed by atoms with E-state index < -0.39 is 59.7 Å². The van der Waals surface area contributed by atoms with E-state index in [1.54, 1.807) is 0 Å². The van der Waals surface area contributed by atoms with Crippen LogP contribution in [0.25, 0.3) is 0 Å². The molecule has 0 aromatic carbocycles. The summed E-state index contributed by atoms with van der Waals surface area (Å²) in [4.78, 5) is 82.6. The second kappa shape index (κ2) is 16.1. The molecule has 0 aromatic heterocycles. The van der Waals surface area contributed by atoms with Crippen LogP contribution in [0.5, 0.6) is 0 Å². The Balaban J connectivity index is 1.37. The maximum atomic E-state index is 14.6. The van der Waals surface area contributed by atoms with Gasteiger partial charge >= 0.3 is 18.0 Å². The molecule has 0 N–H and O–H groups in total. The molecular formula is C34H51N3O9. The highest BCUT2D eigenvalue weighted by Gasteiger charge is 2.54. The third kappa shape index (κ3) is 7.85. The predicted octanol–water partition coefficient (Wildman–Crippen LogP) is 4.53. The molecule has 2 aliphatic heterocycles. The van der Waals surface area contributed by atoms with E-state index >= 15 is 0 Å². The zero-order chi connectivity index (χ0) is 32.6. The molecule has 12 heteroatoms. The summed E-state index contributed by atoms with van der Waals surface area (Å²) in [5.74, 6) is -3.33. The zero-order valence-corrected chi connectivity index (χ0v) is 27.3. The van der Waals surface area contributed by atoms with Crippen LogP contribution in [0.3, 0.4) is 0 Å². The van der Waals surface area contributed by atoms with Gasteiger partial charge in [0.1, 0.15) is 6.04 Å². The molecule has 0 aromatic rings. The van der Waals surface area contributed by atoms with Crippen LogP contribution < -0.4 is 0 Å². The van der Waals surface area contributed by atoms with E-state index in [-0.39, 0.29) is 38.3 Å². The molecule has 5 aliphatic rings. The predicted molar refractivity (Wildman–Crippen MR) is 164 cm³/mol. The molecule has 3 saturated carbocycles. The van der Waals surface area contributed by atoms with E-state index in [1.807, 2.05) is 0 Å². The number of hydrogen-bond acceptors (Lipinski definition) is 9. The minimum atomic E-state index is -1.38. The van der Waals surface area contributed by atoms with Gasteiger partial charge in [0.15, 0.2) is 6.04 Å². The number of likely N-dealkylation sites (tertiary alicyclic amines) is 1. The Morgan fingerprint density at radius 3 is 1.83 bits per heavy atom. The molecule has 0 bridgehead atoms. The van der Waals surface area contributed by atoms with Gasteiger partial charge < -0.3 is 14.2 Å². The Morgan fingerprint density at radius 2 is 1.26 bits per heavy atom. The number of ether oxygens (including phenoxy) is 3. The minimum Gasteiger partial charge on any atom is -0.467 e. The number of amides is 4. The molecule has 46 heavy (non-hydrogen) atoms. The smallest absolute Gasteiger partial charge is 0.428 e. The van der Waals surface area contributed by atoms with Gasteiger partial charge in [-0.05, 0) is 69.6 Å². The van der Waals surface area contributed by atoms with Crippen molar-refractivity contribution < 1.29 is 43.0 Å². The first-order valence-corrected chi connectivity index (χ1v) is 17.7. The van der Waals surface area contributed by atoms with Gasteiger partial charge in [0.05, 0.1) is 32.2 Å². The summed E-state index contributed by atoms with van der Waals surface area (Å²) >= 11 is 0. The first-order chi connectivity index (χ1) is 22.3. The van der Waals surface area contributed by atoms with Crippen molar-refractivity contribution in [1.29, 1.82) is 0 Å². The van der Waals surface area contributed by atoms with Crippen molar-refractivity contribution in [3.05, 3.63) is 0 Å². The Labute approximate surface area is 271 Å². The number of carbonyl (C=O) groups excluding carboxylic acids is 6. The first kappa shape index (κ1) is 34.2. The lowest BCUT2D eigenvalue weighted by atomic mass is 9.81. The quantitative estimate of drug-likeness (QED) is 0.190. The van der Waals surface area contributed by atoms with Crippen molar-refractivity contribution in [3.8, 4) is 0 Å². The number of hydrogen-bond donors (Lipinski definition) is 0. The van der Waals surface area contributed by atoms with Crippen LogP contribution in [0.4, 0.5) is 4.79 Å². The van der Waals surface area contributed by atoms with E-state index in [0.29, 0.717) is 31.8 Å². The van der Waals surface area contributed by atoms with E-state index in [2.05, 4.69) is 0 Å². The van der Waals surface area contributed by atoms with Crippen molar-refractivity contribution in [3.63, 3.8) is 0 Å². The molecule has 12 nitrogen and oxygen atoms in total. The van der Waals surface area contributed by atoms with Gasteiger partial charge in [-0.2, -0.15) is 0 Å². The number of fused-ring (bicyclic) bond motifs is 1. The highest BCUT2D eigenvalue weighted by atomic mass is 16.6. The standard InChI is InChI=1S/C34H51N3O9/c1-44-33(42)28-17-10-20-35(34(43)46-22-24-13-6-3-7-14-24)37(28)32(41)27(18-19-29(38)45-21-23-11-4-2-5-12-23)36-30(39)25-15-8-9-16-26(25)31(36)40/h23-28H,2-22H2,1H3/t25?,26?,27-,28?/m0/s1. The summed E-state index contributed by atoms with van der Waals surface area (Å²) in [7, 11) is 1.21. The largest absolute Gasteiger partial charge is 0.467 e. The number of carbonyl (C=O) groups is 6. The summed E-state index contributed by atoms with van der Waals surface area (Å²) in [6.45, 7) is 0.634. The van der Waals surface area contributed by atoms with Crippen LogP contribution in [-0.2, 0) is 38.2 Å². The number of rotatable bonds is 10. The fourth-order valence-electron chi connectivity index (χ4n) is 8.16. The van der Waals surface area contributed by atoms with Crippen LogP contribution in [0.1, 0.15) is 116 Å². The lowest BCUT2D eigenvalue weighted by Gasteiger charge is -2.44. The zero-order valence-electron chi connectivity index (χ0n) is 27.3. The van der Waals surface area contributed by atoms with Gasteiger partial charge in [0.2, 0.25) is 11.8 Å². The second-order valence-corrected chi connectivity index (χ2v) is 13.9. The average molecular weight is 646 g/mol. The van der Waals surface area contributed by atoms with E-state index in [1.165, 1.54) is 13.5 Å². The Morgan fingerprint density at radius 1 is 0.717 bits per heavy atom. The van der Waals surface area contributed by atoms with Crippen molar-refractivity contribution in [2.24, 2.45) is 23.7 Å². The average Bonchev–Trinajstić information content (AvgIpc) is 3.35. The summed E-state index contributed by atoms with van der Waals surface area (Å²) in [6.07, 6.45) is 12.9. The molecule has 256 valence electrons. The molecule has 0 spiro atoms. The maximum Gasteiger partial charge on any atom is 0.428 e. The van der Waals surface area contributed by atoms with Crippen molar-refractivity contribution in [2.45, 2.75) is 128 Å². The number of hydrazine groups is 1. The van der Waals surface area contributed by atoms with Crippen molar-refractivity contribution >= 4 is 35.8 Å². The Hall–Kier alpha value is -3.18. The molecule has 3 unspecified atom stereocenters. The Kier molecular flexibility index (Phi) is 11.9. The first-order valence-electron chi connectivity index (χ1n) is 17.7. The summed E-state index contributed by atoms with van der Waals surface area (Å²) in [5, 5.41) is 2.17. The molecule has 2 saturated heterocycles. The summed E-state index contributed by atoms with van der Waals surface area (Å²) in [5.41, 5.74) is 0. The molecule has 0 radical (unpaired) electrons. The highest BCUT2D eigenvalue weighted by Crippen LogP contribution is 2.40. The fraction of sp³-hybridized carbons (Fsp3) is 0.824. The van der Waals surface area contributed by atoms with E-state index in [9.17, 15) is 28.8 Å². The lowest BCUT2D eigenvalue weighted by molar-refractivity contribution is -0.178. The van der Waals surface area contributed by atoms with Crippen molar-refractivity contribution in [2.75, 3.05) is 26.9 Å². The summed E-state index contributed by atoms with van der Waals surface area (Å²) < 4.78 is 16.3. The molecule has 4 amide bonds. The van der Waals surface area contributed by atoms with Gasteiger partial charge in [0.25, 0.3) is 5.91 Å². The van der Waals surface area contributed by atoms with Gasteiger partial charge in [-0.25, -0.2) is 19.6 Å². The number of imide groups is 1. The Bertz CT molecular complexity index is 1110. The van der Waals surface area contributed by atoms with E-state index in [4.69, 9.17) is 14.2 Å². The summed E-state index contributed by atoms with van der Waals surface area (Å²) in [6, 6.07) is -2.53. The van der Waals surface area contributed by atoms with Crippen LogP contribution >= 0.6 is 0 Å². The van der Waals surface area contributed by atoms with Gasteiger partial charge in [-0.1, -0.05) is 51.4 Å². The van der Waals surface area contributed by atoms with Crippen LogP contribution in [0.2, 0.25) is 0 Å². The number of methoxy groups -OCH3 is 1. The van der Waals surface area contributed by atoms with Gasteiger partial charge in [0, 0.05) is 13.0 Å². The highest BCUT2D eigenvalue weighted by molar-refractivity contribution is 6.08. The molecule has 2 heterocycles.